The Morgan fingerprint density at radius 3 is 2.43 bits per heavy atom. The summed E-state index contributed by atoms with van der Waals surface area (Å²) >= 11 is 0. The second-order valence-electron chi connectivity index (χ2n) is 5.52. The van der Waals surface area contributed by atoms with Crippen LogP contribution < -0.4 is 4.90 Å². The minimum atomic E-state index is -0.362. The van der Waals surface area contributed by atoms with E-state index in [2.05, 4.69) is 0 Å². The molecule has 1 atom stereocenters. The van der Waals surface area contributed by atoms with Gasteiger partial charge in [0.2, 0.25) is 11.8 Å². The highest BCUT2D eigenvalue weighted by Gasteiger charge is 2.40. The minimum Gasteiger partial charge on any atom is -0.274 e. The fourth-order valence-corrected chi connectivity index (χ4v) is 2.79. The third-order valence-corrected chi connectivity index (χ3v) is 3.95. The van der Waals surface area contributed by atoms with Gasteiger partial charge in [0.25, 0.3) is 0 Å². The molecule has 2 amide bonds. The Bertz CT molecular complexity index is 706. The number of hydrogen-bond acceptors (Lipinski definition) is 2. The third kappa shape index (κ3) is 2.35. The van der Waals surface area contributed by atoms with Gasteiger partial charge in [0.15, 0.2) is 0 Å². The maximum absolute atomic E-state index is 12.7. The maximum atomic E-state index is 12.7. The average Bonchev–Trinajstić information content (AvgIpc) is 2.78. The Morgan fingerprint density at radius 2 is 1.71 bits per heavy atom. The summed E-state index contributed by atoms with van der Waals surface area (Å²) in [5.41, 5.74) is 3.60. The molecule has 0 saturated carbocycles. The Kier molecular flexibility index (Phi) is 3.34. The molecule has 0 N–H and O–H groups in total. The van der Waals surface area contributed by atoms with E-state index in [4.69, 9.17) is 0 Å². The lowest BCUT2D eigenvalue weighted by atomic mass is 9.98. The standard InChI is InChI=1S/C18H17NO2/c1-12-8-9-13(2)16(10-12)19-17(20)11-15(18(19)21)14-6-4-3-5-7-14/h3-10,15H,11H2,1-2H3/t15-/m1/s1. The monoisotopic (exact) mass is 279 g/mol. The van der Waals surface area contributed by atoms with Gasteiger partial charge in [-0.05, 0) is 36.6 Å². The molecule has 3 rings (SSSR count). The predicted molar refractivity (Wildman–Crippen MR) is 82.2 cm³/mol. The lowest BCUT2D eigenvalue weighted by molar-refractivity contribution is -0.121. The molecule has 106 valence electrons. The molecule has 1 fully saturated rings. The number of amides is 2. The number of rotatable bonds is 2. The lowest BCUT2D eigenvalue weighted by Crippen LogP contribution is -2.30. The first kappa shape index (κ1) is 13.6. The normalized spacial score (nSPS) is 18.4. The van der Waals surface area contributed by atoms with Gasteiger partial charge in [0.1, 0.15) is 0 Å². The first-order chi connectivity index (χ1) is 10.1. The van der Waals surface area contributed by atoms with Gasteiger partial charge in [0, 0.05) is 6.42 Å². The van der Waals surface area contributed by atoms with Crippen LogP contribution in [0.25, 0.3) is 0 Å². The van der Waals surface area contributed by atoms with Crippen LogP contribution in [0.2, 0.25) is 0 Å². The Morgan fingerprint density at radius 1 is 1.00 bits per heavy atom. The largest absolute Gasteiger partial charge is 0.274 e. The van der Waals surface area contributed by atoms with Crippen molar-refractivity contribution in [3.63, 3.8) is 0 Å². The molecule has 2 aromatic carbocycles. The van der Waals surface area contributed by atoms with E-state index >= 15 is 0 Å². The predicted octanol–water partition coefficient (Wildman–Crippen LogP) is 3.35. The van der Waals surface area contributed by atoms with Crippen molar-refractivity contribution in [1.82, 2.24) is 0 Å². The molecule has 2 aromatic rings. The number of carbonyl (C=O) groups excluding carboxylic acids is 2. The van der Waals surface area contributed by atoms with Crippen LogP contribution in [0.3, 0.4) is 0 Å². The molecule has 0 radical (unpaired) electrons. The first-order valence-electron chi connectivity index (χ1n) is 7.07. The van der Waals surface area contributed by atoms with E-state index in [9.17, 15) is 9.59 Å². The van der Waals surface area contributed by atoms with Crippen molar-refractivity contribution in [1.29, 1.82) is 0 Å². The SMILES string of the molecule is Cc1ccc(C)c(N2C(=O)C[C@H](c3ccccc3)C2=O)c1. The molecular formula is C18H17NO2. The fraction of sp³-hybridized carbons (Fsp3) is 0.222. The molecule has 1 aliphatic heterocycles. The summed E-state index contributed by atoms with van der Waals surface area (Å²) in [4.78, 5) is 26.4. The van der Waals surface area contributed by atoms with E-state index < -0.39 is 0 Å². The summed E-state index contributed by atoms with van der Waals surface area (Å²) in [6.45, 7) is 3.88. The van der Waals surface area contributed by atoms with Crippen LogP contribution in [-0.4, -0.2) is 11.8 Å². The summed E-state index contributed by atoms with van der Waals surface area (Å²) < 4.78 is 0. The van der Waals surface area contributed by atoms with Gasteiger partial charge in [-0.15, -0.1) is 0 Å². The van der Waals surface area contributed by atoms with Crippen LogP contribution >= 0.6 is 0 Å². The highest BCUT2D eigenvalue weighted by molar-refractivity contribution is 6.23. The summed E-state index contributed by atoms with van der Waals surface area (Å²) in [7, 11) is 0. The maximum Gasteiger partial charge on any atom is 0.241 e. The van der Waals surface area contributed by atoms with Crippen molar-refractivity contribution < 1.29 is 9.59 Å². The summed E-state index contributed by atoms with van der Waals surface area (Å²) in [5.74, 6) is -0.610. The first-order valence-corrected chi connectivity index (χ1v) is 7.07. The number of carbonyl (C=O) groups is 2. The van der Waals surface area contributed by atoms with Crippen LogP contribution in [-0.2, 0) is 9.59 Å². The van der Waals surface area contributed by atoms with Crippen molar-refractivity contribution >= 4 is 17.5 Å². The molecule has 0 aromatic heterocycles. The number of anilines is 1. The molecule has 1 heterocycles. The molecule has 21 heavy (non-hydrogen) atoms. The van der Waals surface area contributed by atoms with Crippen LogP contribution in [0.5, 0.6) is 0 Å². The van der Waals surface area contributed by atoms with Crippen molar-refractivity contribution in [3.8, 4) is 0 Å². The van der Waals surface area contributed by atoms with Gasteiger partial charge in [0.05, 0.1) is 11.6 Å². The molecule has 0 bridgehead atoms. The van der Waals surface area contributed by atoms with E-state index in [1.165, 1.54) is 4.90 Å². The second-order valence-corrected chi connectivity index (χ2v) is 5.52. The number of benzene rings is 2. The third-order valence-electron chi connectivity index (χ3n) is 3.95. The molecule has 1 aliphatic rings. The van der Waals surface area contributed by atoms with E-state index in [1.807, 2.05) is 62.4 Å². The van der Waals surface area contributed by atoms with Gasteiger partial charge >= 0.3 is 0 Å². The Balaban J connectivity index is 2.00. The van der Waals surface area contributed by atoms with Gasteiger partial charge < -0.3 is 0 Å². The van der Waals surface area contributed by atoms with E-state index in [-0.39, 0.29) is 24.2 Å². The number of nitrogens with zero attached hydrogens (tertiary/aromatic N) is 1. The minimum absolute atomic E-state index is 0.123. The van der Waals surface area contributed by atoms with Crippen molar-refractivity contribution in [2.75, 3.05) is 4.90 Å². The fourth-order valence-electron chi connectivity index (χ4n) is 2.79. The molecule has 3 heteroatoms. The van der Waals surface area contributed by atoms with Crippen LogP contribution in [0.4, 0.5) is 5.69 Å². The number of imide groups is 1. The number of aryl methyl sites for hydroxylation is 2. The summed E-state index contributed by atoms with van der Waals surface area (Å²) in [6.07, 6.45) is 0.246. The molecule has 0 aliphatic carbocycles. The topological polar surface area (TPSA) is 37.4 Å². The highest BCUT2D eigenvalue weighted by atomic mass is 16.2. The van der Waals surface area contributed by atoms with Crippen LogP contribution in [0.1, 0.15) is 29.0 Å². The summed E-state index contributed by atoms with van der Waals surface area (Å²) in [6, 6.07) is 15.3. The van der Waals surface area contributed by atoms with E-state index in [1.54, 1.807) is 0 Å². The smallest absolute Gasteiger partial charge is 0.241 e. The zero-order chi connectivity index (χ0) is 15.0. The van der Waals surface area contributed by atoms with Gasteiger partial charge in [-0.1, -0.05) is 42.5 Å². The zero-order valence-corrected chi connectivity index (χ0v) is 12.2. The molecular weight excluding hydrogens is 262 g/mol. The van der Waals surface area contributed by atoms with Gasteiger partial charge in [-0.25, -0.2) is 4.90 Å². The van der Waals surface area contributed by atoms with Crippen LogP contribution in [0, 0.1) is 13.8 Å². The highest BCUT2D eigenvalue weighted by Crippen LogP contribution is 2.34. The zero-order valence-electron chi connectivity index (χ0n) is 12.2. The van der Waals surface area contributed by atoms with E-state index in [0.717, 1.165) is 16.7 Å². The van der Waals surface area contributed by atoms with E-state index in [0.29, 0.717) is 5.69 Å². The molecule has 0 unspecified atom stereocenters. The quantitative estimate of drug-likeness (QED) is 0.791. The van der Waals surface area contributed by atoms with Crippen molar-refractivity contribution in [2.24, 2.45) is 0 Å². The van der Waals surface area contributed by atoms with Crippen molar-refractivity contribution in [3.05, 3.63) is 65.2 Å². The molecule has 0 spiro atoms. The second kappa shape index (κ2) is 5.17. The summed E-state index contributed by atoms with van der Waals surface area (Å²) in [5, 5.41) is 0. The molecule has 1 saturated heterocycles. The van der Waals surface area contributed by atoms with Gasteiger partial charge in [-0.2, -0.15) is 0 Å². The van der Waals surface area contributed by atoms with Crippen LogP contribution in [0.15, 0.2) is 48.5 Å². The Hall–Kier alpha value is -2.42. The lowest BCUT2D eigenvalue weighted by Gasteiger charge is -2.18. The average molecular weight is 279 g/mol. The number of hydrogen-bond donors (Lipinski definition) is 0. The molecule has 3 nitrogen and oxygen atoms in total. The van der Waals surface area contributed by atoms with Gasteiger partial charge in [-0.3, -0.25) is 9.59 Å². The Labute approximate surface area is 124 Å². The van der Waals surface area contributed by atoms with Crippen molar-refractivity contribution in [2.45, 2.75) is 26.2 Å².